The van der Waals surface area contributed by atoms with Gasteiger partial charge in [0.1, 0.15) is 23.3 Å². The Morgan fingerprint density at radius 1 is 1.50 bits per heavy atom. The van der Waals surface area contributed by atoms with Gasteiger partial charge in [-0.3, -0.25) is 14.8 Å². The van der Waals surface area contributed by atoms with Crippen LogP contribution in [0.1, 0.15) is 22.5 Å². The van der Waals surface area contributed by atoms with Gasteiger partial charge in [-0.25, -0.2) is 4.39 Å². The van der Waals surface area contributed by atoms with E-state index in [1.807, 2.05) is 0 Å². The molecule has 0 saturated heterocycles. The van der Waals surface area contributed by atoms with Crippen molar-refractivity contribution in [3.05, 3.63) is 56.6 Å². The van der Waals surface area contributed by atoms with Gasteiger partial charge in [-0.2, -0.15) is 10.4 Å². The topological polar surface area (TPSA) is 84.8 Å². The maximum Gasteiger partial charge on any atom is 0.312 e. The summed E-state index contributed by atoms with van der Waals surface area (Å²) in [6.45, 7) is 3.13. The third-order valence-corrected chi connectivity index (χ3v) is 3.05. The van der Waals surface area contributed by atoms with Crippen LogP contribution in [0.25, 0.3) is 0 Å². The first kappa shape index (κ1) is 13.7. The van der Waals surface area contributed by atoms with Crippen LogP contribution in [0.15, 0.2) is 18.2 Å². The van der Waals surface area contributed by atoms with E-state index in [1.165, 1.54) is 23.7 Å². The summed E-state index contributed by atoms with van der Waals surface area (Å²) in [7, 11) is 0. The molecule has 1 heterocycles. The number of hydrogen-bond donors (Lipinski definition) is 0. The number of halogens is 1. The highest BCUT2D eigenvalue weighted by Crippen LogP contribution is 2.23. The minimum absolute atomic E-state index is 0.0435. The summed E-state index contributed by atoms with van der Waals surface area (Å²) < 4.78 is 15.3. The molecule has 102 valence electrons. The summed E-state index contributed by atoms with van der Waals surface area (Å²) in [6, 6.07) is 6.23. The van der Waals surface area contributed by atoms with Crippen molar-refractivity contribution in [3.63, 3.8) is 0 Å². The molecule has 0 amide bonds. The molecule has 2 rings (SSSR count). The van der Waals surface area contributed by atoms with E-state index in [9.17, 15) is 14.5 Å². The van der Waals surface area contributed by atoms with E-state index in [2.05, 4.69) is 5.10 Å². The predicted octanol–water partition coefficient (Wildman–Crippen LogP) is 2.47. The van der Waals surface area contributed by atoms with Gasteiger partial charge >= 0.3 is 5.69 Å². The van der Waals surface area contributed by atoms with Gasteiger partial charge in [0.15, 0.2) is 0 Å². The van der Waals surface area contributed by atoms with Gasteiger partial charge in [0.2, 0.25) is 0 Å². The second-order valence-electron chi connectivity index (χ2n) is 4.32. The third-order valence-electron chi connectivity index (χ3n) is 3.05. The average Bonchev–Trinajstić information content (AvgIpc) is 2.67. The van der Waals surface area contributed by atoms with Crippen LogP contribution in [0.4, 0.5) is 10.1 Å². The van der Waals surface area contributed by atoms with Crippen LogP contribution in [0, 0.1) is 41.1 Å². The van der Waals surface area contributed by atoms with Gasteiger partial charge in [0.25, 0.3) is 0 Å². The summed E-state index contributed by atoms with van der Waals surface area (Å²) in [5, 5.41) is 23.7. The van der Waals surface area contributed by atoms with Crippen molar-refractivity contribution in [2.24, 2.45) is 0 Å². The molecule has 0 radical (unpaired) electrons. The Morgan fingerprint density at radius 3 is 2.75 bits per heavy atom. The normalized spacial score (nSPS) is 10.3. The van der Waals surface area contributed by atoms with E-state index in [0.717, 1.165) is 0 Å². The predicted molar refractivity (Wildman–Crippen MR) is 68.6 cm³/mol. The lowest BCUT2D eigenvalue weighted by Crippen LogP contribution is -2.07. The minimum atomic E-state index is -0.620. The van der Waals surface area contributed by atoms with E-state index >= 15 is 0 Å². The van der Waals surface area contributed by atoms with Crippen molar-refractivity contribution >= 4 is 5.69 Å². The number of benzene rings is 1. The SMILES string of the molecule is Cc1nn(Cc2cccc(C#N)c2F)c(C)c1[N+](=O)[O-]. The first-order valence-corrected chi connectivity index (χ1v) is 5.81. The van der Waals surface area contributed by atoms with Crippen molar-refractivity contribution in [3.8, 4) is 6.07 Å². The van der Waals surface area contributed by atoms with Crippen LogP contribution in [-0.2, 0) is 6.54 Å². The summed E-state index contributed by atoms with van der Waals surface area (Å²) in [5.74, 6) is -0.620. The molecule has 0 atom stereocenters. The Kier molecular flexibility index (Phi) is 3.48. The lowest BCUT2D eigenvalue weighted by atomic mass is 10.1. The highest BCUT2D eigenvalue weighted by molar-refractivity contribution is 5.40. The Balaban J connectivity index is 2.44. The Morgan fingerprint density at radius 2 is 2.20 bits per heavy atom. The van der Waals surface area contributed by atoms with Crippen LogP contribution in [0.2, 0.25) is 0 Å². The van der Waals surface area contributed by atoms with Crippen LogP contribution in [0.5, 0.6) is 0 Å². The molecule has 0 fully saturated rings. The molecule has 0 spiro atoms. The molecule has 6 nitrogen and oxygen atoms in total. The maximum atomic E-state index is 14.0. The van der Waals surface area contributed by atoms with Crippen molar-refractivity contribution in [2.75, 3.05) is 0 Å². The molecular formula is C13H11FN4O2. The highest BCUT2D eigenvalue weighted by atomic mass is 19.1. The molecule has 1 aromatic heterocycles. The first-order valence-electron chi connectivity index (χ1n) is 5.81. The summed E-state index contributed by atoms with van der Waals surface area (Å²) in [4.78, 5) is 10.4. The fraction of sp³-hybridized carbons (Fsp3) is 0.231. The van der Waals surface area contributed by atoms with Crippen molar-refractivity contribution in [1.29, 1.82) is 5.26 Å². The summed E-state index contributed by atoms with van der Waals surface area (Å²) in [6.07, 6.45) is 0. The second kappa shape index (κ2) is 5.09. The molecular weight excluding hydrogens is 263 g/mol. The van der Waals surface area contributed by atoms with Crippen LogP contribution < -0.4 is 0 Å². The fourth-order valence-electron chi connectivity index (χ4n) is 2.06. The molecule has 2 aromatic rings. The van der Waals surface area contributed by atoms with E-state index < -0.39 is 10.7 Å². The Labute approximate surface area is 114 Å². The van der Waals surface area contributed by atoms with Gasteiger partial charge in [-0.15, -0.1) is 0 Å². The van der Waals surface area contributed by atoms with Gasteiger partial charge in [0.05, 0.1) is 17.0 Å². The monoisotopic (exact) mass is 274 g/mol. The van der Waals surface area contributed by atoms with E-state index in [1.54, 1.807) is 19.1 Å². The second-order valence-corrected chi connectivity index (χ2v) is 4.32. The first-order chi connectivity index (χ1) is 9.45. The van der Waals surface area contributed by atoms with E-state index in [-0.39, 0.29) is 29.1 Å². The zero-order valence-corrected chi connectivity index (χ0v) is 10.9. The van der Waals surface area contributed by atoms with Gasteiger partial charge in [-0.05, 0) is 19.9 Å². The molecule has 0 unspecified atom stereocenters. The number of hydrogen-bond acceptors (Lipinski definition) is 4. The maximum absolute atomic E-state index is 14.0. The molecule has 1 aromatic carbocycles. The molecule has 7 heteroatoms. The number of rotatable bonds is 3. The summed E-state index contributed by atoms with van der Waals surface area (Å²) in [5.41, 5.74) is 0.781. The van der Waals surface area contributed by atoms with Crippen LogP contribution in [0.3, 0.4) is 0 Å². The number of nitriles is 1. The molecule has 0 N–H and O–H groups in total. The third kappa shape index (κ3) is 2.23. The lowest BCUT2D eigenvalue weighted by Gasteiger charge is -2.06. The average molecular weight is 274 g/mol. The van der Waals surface area contributed by atoms with Gasteiger partial charge < -0.3 is 0 Å². The molecule has 0 saturated carbocycles. The van der Waals surface area contributed by atoms with Crippen molar-refractivity contribution < 1.29 is 9.31 Å². The summed E-state index contributed by atoms with van der Waals surface area (Å²) >= 11 is 0. The quantitative estimate of drug-likeness (QED) is 0.635. The molecule has 0 bridgehead atoms. The van der Waals surface area contributed by atoms with Crippen LogP contribution >= 0.6 is 0 Å². The molecule has 0 aliphatic rings. The van der Waals surface area contributed by atoms with Crippen molar-refractivity contribution in [2.45, 2.75) is 20.4 Å². The lowest BCUT2D eigenvalue weighted by molar-refractivity contribution is -0.386. The van der Waals surface area contributed by atoms with Crippen molar-refractivity contribution in [1.82, 2.24) is 9.78 Å². The van der Waals surface area contributed by atoms with E-state index in [0.29, 0.717) is 5.69 Å². The minimum Gasteiger partial charge on any atom is -0.258 e. The smallest absolute Gasteiger partial charge is 0.258 e. The van der Waals surface area contributed by atoms with Crippen LogP contribution in [-0.4, -0.2) is 14.7 Å². The number of nitrogens with zero attached hydrogens (tertiary/aromatic N) is 4. The molecule has 0 aliphatic heterocycles. The zero-order valence-electron chi connectivity index (χ0n) is 10.9. The van der Waals surface area contributed by atoms with Gasteiger partial charge in [0, 0.05) is 5.56 Å². The number of aryl methyl sites for hydroxylation is 1. The Hall–Kier alpha value is -2.75. The van der Waals surface area contributed by atoms with E-state index in [4.69, 9.17) is 5.26 Å². The zero-order chi connectivity index (χ0) is 14.9. The number of aromatic nitrogens is 2. The molecule has 20 heavy (non-hydrogen) atoms. The van der Waals surface area contributed by atoms with Gasteiger partial charge in [-0.1, -0.05) is 12.1 Å². The standard InChI is InChI=1S/C13H11FN4O2/c1-8-13(18(19)20)9(2)17(16-8)7-11-5-3-4-10(6-15)12(11)14/h3-5H,7H2,1-2H3. The molecule has 0 aliphatic carbocycles. The largest absolute Gasteiger partial charge is 0.312 e. The number of nitro groups is 1. The Bertz CT molecular complexity index is 731. The highest BCUT2D eigenvalue weighted by Gasteiger charge is 2.22. The fourth-order valence-corrected chi connectivity index (χ4v) is 2.06.